The predicted octanol–water partition coefficient (Wildman–Crippen LogP) is 4.50. The predicted molar refractivity (Wildman–Crippen MR) is 116 cm³/mol. The molecule has 0 spiro atoms. The van der Waals surface area contributed by atoms with Gasteiger partial charge in [0, 0.05) is 38.3 Å². The van der Waals surface area contributed by atoms with Crippen molar-refractivity contribution in [3.8, 4) is 18.1 Å². The van der Waals surface area contributed by atoms with E-state index >= 15 is 0 Å². The first-order valence-corrected chi connectivity index (χ1v) is 9.85. The van der Waals surface area contributed by atoms with Crippen LogP contribution in [0, 0.1) is 12.3 Å². The van der Waals surface area contributed by atoms with Crippen LogP contribution in [-0.2, 0) is 6.54 Å². The van der Waals surface area contributed by atoms with E-state index in [1.54, 1.807) is 12.1 Å². The van der Waals surface area contributed by atoms with Crippen LogP contribution in [-0.4, -0.2) is 47.6 Å². The summed E-state index contributed by atoms with van der Waals surface area (Å²) >= 11 is 18.3. The second kappa shape index (κ2) is 9.43. The molecule has 0 aromatic heterocycles. The van der Waals surface area contributed by atoms with Crippen molar-refractivity contribution >= 4 is 40.4 Å². The summed E-state index contributed by atoms with van der Waals surface area (Å²) in [6, 6.07) is 14.1. The number of ether oxygens (including phenoxy) is 1. The molecule has 0 aliphatic carbocycles. The lowest BCUT2D eigenvalue weighted by atomic mass is 10.1. The van der Waals surface area contributed by atoms with Gasteiger partial charge in [0.05, 0.1) is 10.0 Å². The molecule has 0 unspecified atom stereocenters. The molecule has 0 atom stereocenters. The van der Waals surface area contributed by atoms with E-state index in [2.05, 4.69) is 40.0 Å². The zero-order valence-electron chi connectivity index (χ0n) is 14.8. The van der Waals surface area contributed by atoms with Crippen molar-refractivity contribution in [3.05, 3.63) is 63.6 Å². The molecule has 0 saturated carbocycles. The van der Waals surface area contributed by atoms with Crippen LogP contribution < -0.4 is 4.74 Å². The summed E-state index contributed by atoms with van der Waals surface area (Å²) in [4.78, 5) is 5.38. The first kappa shape index (κ1) is 20.0. The zero-order chi connectivity index (χ0) is 19.2. The Labute approximate surface area is 175 Å². The molecular weight excluding hydrogens is 399 g/mol. The Morgan fingerprint density at radius 3 is 2.30 bits per heavy atom. The highest BCUT2D eigenvalue weighted by Gasteiger charge is 2.21. The average Bonchev–Trinajstić information content (AvgIpc) is 2.68. The third-order valence-electron chi connectivity index (χ3n) is 4.45. The average molecular weight is 419 g/mol. The van der Waals surface area contributed by atoms with Gasteiger partial charge in [-0.2, -0.15) is 0 Å². The molecule has 3 nitrogen and oxygen atoms in total. The van der Waals surface area contributed by atoms with Gasteiger partial charge in [-0.05, 0) is 17.7 Å². The quantitative estimate of drug-likeness (QED) is 0.524. The monoisotopic (exact) mass is 418 g/mol. The second-order valence-corrected chi connectivity index (χ2v) is 7.52. The largest absolute Gasteiger partial charge is 0.478 e. The molecule has 0 bridgehead atoms. The standard InChI is InChI=1S/C21H20Cl2N2OS/c1-2-12-26-20-18(22)13-17(14-19(20)23)21(27)25-10-8-24(9-11-25)15-16-6-4-3-5-7-16/h1,3-7,13-14H,8-12,15H2. The van der Waals surface area contributed by atoms with E-state index in [9.17, 15) is 0 Å². The molecule has 140 valence electrons. The van der Waals surface area contributed by atoms with Crippen molar-refractivity contribution in [1.29, 1.82) is 0 Å². The maximum absolute atomic E-state index is 6.30. The van der Waals surface area contributed by atoms with Gasteiger partial charge in [-0.25, -0.2) is 0 Å². The summed E-state index contributed by atoms with van der Waals surface area (Å²) in [7, 11) is 0. The molecule has 27 heavy (non-hydrogen) atoms. The molecule has 3 rings (SSSR count). The molecule has 0 amide bonds. The van der Waals surface area contributed by atoms with Gasteiger partial charge in [-0.3, -0.25) is 4.90 Å². The number of rotatable bonds is 5. The Hall–Kier alpha value is -1.77. The molecule has 2 aromatic rings. The number of hydrogen-bond acceptors (Lipinski definition) is 3. The molecule has 1 aliphatic rings. The minimum absolute atomic E-state index is 0.118. The van der Waals surface area contributed by atoms with Crippen LogP contribution in [0.1, 0.15) is 11.1 Å². The third kappa shape index (κ3) is 5.15. The molecule has 1 aliphatic heterocycles. The lowest BCUT2D eigenvalue weighted by Gasteiger charge is -2.36. The maximum Gasteiger partial charge on any atom is 0.157 e. The van der Waals surface area contributed by atoms with Crippen molar-refractivity contribution in [2.24, 2.45) is 0 Å². The van der Waals surface area contributed by atoms with E-state index in [1.807, 2.05) is 6.07 Å². The van der Waals surface area contributed by atoms with E-state index in [0.717, 1.165) is 43.3 Å². The van der Waals surface area contributed by atoms with Gasteiger partial charge >= 0.3 is 0 Å². The smallest absolute Gasteiger partial charge is 0.157 e. The van der Waals surface area contributed by atoms with Gasteiger partial charge in [0.2, 0.25) is 0 Å². The van der Waals surface area contributed by atoms with Crippen molar-refractivity contribution in [3.63, 3.8) is 0 Å². The zero-order valence-corrected chi connectivity index (χ0v) is 17.2. The summed E-state index contributed by atoms with van der Waals surface area (Å²) in [5.41, 5.74) is 2.15. The summed E-state index contributed by atoms with van der Waals surface area (Å²) in [6.45, 7) is 4.74. The number of hydrogen-bond donors (Lipinski definition) is 0. The maximum atomic E-state index is 6.30. The topological polar surface area (TPSA) is 15.7 Å². The van der Waals surface area contributed by atoms with Gasteiger partial charge in [-0.1, -0.05) is 71.7 Å². The fourth-order valence-corrected chi connectivity index (χ4v) is 3.96. The first-order chi connectivity index (χ1) is 13.1. The number of halogens is 2. The SMILES string of the molecule is C#CCOc1c(Cl)cc(C(=S)N2CCN(Cc3ccccc3)CC2)cc1Cl. The van der Waals surface area contributed by atoms with Gasteiger partial charge in [0.1, 0.15) is 11.6 Å². The van der Waals surface area contributed by atoms with E-state index in [0.29, 0.717) is 15.8 Å². The number of terminal acetylenes is 1. The summed E-state index contributed by atoms with van der Waals surface area (Å²) in [6.07, 6.45) is 5.22. The van der Waals surface area contributed by atoms with Crippen LogP contribution in [0.2, 0.25) is 10.0 Å². The van der Waals surface area contributed by atoms with Crippen molar-refractivity contribution in [1.82, 2.24) is 9.80 Å². The molecule has 2 aromatic carbocycles. The van der Waals surface area contributed by atoms with Crippen LogP contribution in [0.5, 0.6) is 5.75 Å². The van der Waals surface area contributed by atoms with Crippen molar-refractivity contribution in [2.45, 2.75) is 6.54 Å². The Balaban J connectivity index is 1.61. The molecular formula is C21H20Cl2N2OS. The summed E-state index contributed by atoms with van der Waals surface area (Å²) < 4.78 is 5.40. The molecule has 0 N–H and O–H groups in total. The third-order valence-corrected chi connectivity index (χ3v) is 5.51. The fourth-order valence-electron chi connectivity index (χ4n) is 3.07. The number of thiocarbonyl (C=S) groups is 1. The highest BCUT2D eigenvalue weighted by molar-refractivity contribution is 7.80. The first-order valence-electron chi connectivity index (χ1n) is 8.69. The van der Waals surface area contributed by atoms with Gasteiger partial charge < -0.3 is 9.64 Å². The molecule has 1 fully saturated rings. The van der Waals surface area contributed by atoms with Crippen molar-refractivity contribution < 1.29 is 4.74 Å². The molecule has 1 saturated heterocycles. The lowest BCUT2D eigenvalue weighted by molar-refractivity contribution is 0.177. The van der Waals surface area contributed by atoms with E-state index < -0.39 is 0 Å². The molecule has 1 heterocycles. The fraction of sp³-hybridized carbons (Fsp3) is 0.286. The Bertz CT molecular complexity index is 820. The van der Waals surface area contributed by atoms with E-state index in [4.69, 9.17) is 46.6 Å². The van der Waals surface area contributed by atoms with E-state index in [-0.39, 0.29) is 6.61 Å². The molecule has 6 heteroatoms. The normalized spacial score (nSPS) is 14.6. The number of piperazine rings is 1. The van der Waals surface area contributed by atoms with Crippen molar-refractivity contribution in [2.75, 3.05) is 32.8 Å². The van der Waals surface area contributed by atoms with Gasteiger partial charge in [-0.15, -0.1) is 6.42 Å². The molecule has 0 radical (unpaired) electrons. The van der Waals surface area contributed by atoms with Crippen LogP contribution >= 0.6 is 35.4 Å². The second-order valence-electron chi connectivity index (χ2n) is 6.32. The lowest BCUT2D eigenvalue weighted by Crippen LogP contribution is -2.48. The van der Waals surface area contributed by atoms with Crippen LogP contribution in [0.15, 0.2) is 42.5 Å². The van der Waals surface area contributed by atoms with Crippen LogP contribution in [0.4, 0.5) is 0 Å². The Kier molecular flexibility index (Phi) is 6.98. The van der Waals surface area contributed by atoms with Gasteiger partial charge in [0.25, 0.3) is 0 Å². The highest BCUT2D eigenvalue weighted by Crippen LogP contribution is 2.34. The summed E-state index contributed by atoms with van der Waals surface area (Å²) in [5, 5.41) is 0.829. The summed E-state index contributed by atoms with van der Waals surface area (Å²) in [5.74, 6) is 2.80. The minimum Gasteiger partial charge on any atom is -0.478 e. The minimum atomic E-state index is 0.118. The highest BCUT2D eigenvalue weighted by atomic mass is 35.5. The van der Waals surface area contributed by atoms with Crippen LogP contribution in [0.25, 0.3) is 0 Å². The van der Waals surface area contributed by atoms with Gasteiger partial charge in [0.15, 0.2) is 5.75 Å². The Morgan fingerprint density at radius 1 is 1.07 bits per heavy atom. The number of nitrogens with zero attached hydrogens (tertiary/aromatic N) is 2. The van der Waals surface area contributed by atoms with E-state index in [1.165, 1.54) is 5.56 Å². The Morgan fingerprint density at radius 2 is 1.70 bits per heavy atom. The number of benzene rings is 2. The van der Waals surface area contributed by atoms with Crippen LogP contribution in [0.3, 0.4) is 0 Å².